The summed E-state index contributed by atoms with van der Waals surface area (Å²) < 4.78 is 33.1. The molecule has 1 unspecified atom stereocenters. The highest BCUT2D eigenvalue weighted by molar-refractivity contribution is 6.30. The van der Waals surface area contributed by atoms with Crippen LogP contribution in [0.25, 0.3) is 11.0 Å². The summed E-state index contributed by atoms with van der Waals surface area (Å²) in [6, 6.07) is 9.54. The van der Waals surface area contributed by atoms with Crippen LogP contribution in [-0.4, -0.2) is 0 Å². The van der Waals surface area contributed by atoms with Crippen LogP contribution in [-0.2, 0) is 0 Å². The monoisotopic (exact) mass is 308 g/mol. The summed E-state index contributed by atoms with van der Waals surface area (Å²) in [6.45, 7) is 0. The van der Waals surface area contributed by atoms with Crippen LogP contribution in [0.2, 0.25) is 5.02 Å². The fourth-order valence-electron chi connectivity index (χ4n) is 2.25. The summed E-state index contributed by atoms with van der Waals surface area (Å²) in [7, 11) is 0. The first-order valence-electron chi connectivity index (χ1n) is 6.19. The molecule has 108 valence electrons. The van der Waals surface area contributed by atoms with E-state index in [2.05, 4.69) is 5.43 Å². The average molecular weight is 309 g/mol. The highest BCUT2D eigenvalue weighted by Gasteiger charge is 2.21. The third-order valence-corrected chi connectivity index (χ3v) is 3.47. The van der Waals surface area contributed by atoms with Crippen molar-refractivity contribution in [3.05, 3.63) is 70.4 Å². The lowest BCUT2D eigenvalue weighted by molar-refractivity contribution is 0.453. The first-order chi connectivity index (χ1) is 10.1. The Morgan fingerprint density at radius 2 is 1.90 bits per heavy atom. The van der Waals surface area contributed by atoms with E-state index in [1.165, 1.54) is 24.3 Å². The second-order valence-electron chi connectivity index (χ2n) is 4.57. The van der Waals surface area contributed by atoms with Gasteiger partial charge in [-0.15, -0.1) is 0 Å². The molecular weight excluding hydrogens is 298 g/mol. The van der Waals surface area contributed by atoms with Gasteiger partial charge in [-0.05, 0) is 30.3 Å². The molecule has 0 saturated carbocycles. The number of halogens is 3. The molecule has 0 fully saturated rings. The van der Waals surface area contributed by atoms with Gasteiger partial charge >= 0.3 is 0 Å². The topological polar surface area (TPSA) is 51.2 Å². The number of nitrogens with two attached hydrogens (primary N) is 1. The Balaban J connectivity index is 2.13. The van der Waals surface area contributed by atoms with Gasteiger partial charge in [0.15, 0.2) is 11.4 Å². The minimum atomic E-state index is -0.768. The number of benzene rings is 2. The lowest BCUT2D eigenvalue weighted by Crippen LogP contribution is -2.29. The van der Waals surface area contributed by atoms with Crippen molar-refractivity contribution in [1.82, 2.24) is 5.43 Å². The molecule has 21 heavy (non-hydrogen) atoms. The first-order valence-corrected chi connectivity index (χ1v) is 6.57. The van der Waals surface area contributed by atoms with Gasteiger partial charge in [-0.25, -0.2) is 14.2 Å². The maximum Gasteiger partial charge on any atom is 0.169 e. The fraction of sp³-hybridized carbons (Fsp3) is 0.0667. The molecule has 3 nitrogen and oxygen atoms in total. The van der Waals surface area contributed by atoms with E-state index in [1.54, 1.807) is 18.2 Å². The fourth-order valence-corrected chi connectivity index (χ4v) is 2.43. The Hall–Kier alpha value is -1.95. The van der Waals surface area contributed by atoms with E-state index in [9.17, 15) is 8.78 Å². The zero-order valence-electron chi connectivity index (χ0n) is 10.7. The molecule has 1 atom stereocenters. The predicted molar refractivity (Wildman–Crippen MR) is 76.7 cm³/mol. The number of nitrogens with one attached hydrogen (secondary N) is 1. The van der Waals surface area contributed by atoms with Crippen molar-refractivity contribution in [2.24, 2.45) is 5.84 Å². The number of rotatable bonds is 3. The van der Waals surface area contributed by atoms with E-state index in [0.29, 0.717) is 16.2 Å². The number of hydrogen-bond donors (Lipinski definition) is 2. The minimum Gasteiger partial charge on any atom is -0.456 e. The zero-order valence-corrected chi connectivity index (χ0v) is 11.5. The normalized spacial score (nSPS) is 12.8. The minimum absolute atomic E-state index is 0.107. The molecule has 6 heteroatoms. The van der Waals surface area contributed by atoms with Crippen LogP contribution in [0.4, 0.5) is 8.78 Å². The summed E-state index contributed by atoms with van der Waals surface area (Å²) in [5, 5.41) is 0.946. The molecule has 3 rings (SSSR count). The molecule has 1 aromatic heterocycles. The lowest BCUT2D eigenvalue weighted by atomic mass is 10.0. The predicted octanol–water partition coefficient (Wildman–Crippen LogP) is 3.92. The Kier molecular flexibility index (Phi) is 3.63. The third kappa shape index (κ3) is 2.51. The van der Waals surface area contributed by atoms with Crippen LogP contribution >= 0.6 is 11.6 Å². The average Bonchev–Trinajstić information content (AvgIpc) is 2.89. The van der Waals surface area contributed by atoms with Crippen molar-refractivity contribution in [2.75, 3.05) is 0 Å². The third-order valence-electron chi connectivity index (χ3n) is 3.24. The van der Waals surface area contributed by atoms with Gasteiger partial charge in [0.1, 0.15) is 17.6 Å². The molecule has 0 bridgehead atoms. The Morgan fingerprint density at radius 1 is 1.10 bits per heavy atom. The Bertz CT molecular complexity index is 803. The molecule has 0 aliphatic heterocycles. The van der Waals surface area contributed by atoms with Crippen molar-refractivity contribution < 1.29 is 13.2 Å². The van der Waals surface area contributed by atoms with Crippen molar-refractivity contribution in [1.29, 1.82) is 0 Å². The van der Waals surface area contributed by atoms with Crippen LogP contribution in [0.15, 0.2) is 46.9 Å². The Labute approximate surface area is 124 Å². The summed E-state index contributed by atoms with van der Waals surface area (Å²) in [5.74, 6) is 4.84. The SMILES string of the molecule is NNC(c1cc2cccc(F)c2o1)c1cc(Cl)ccc1F. The molecule has 0 aliphatic rings. The zero-order chi connectivity index (χ0) is 15.0. The number of para-hydroxylation sites is 1. The van der Waals surface area contributed by atoms with Gasteiger partial charge < -0.3 is 4.42 Å². The van der Waals surface area contributed by atoms with Gasteiger partial charge in [0.25, 0.3) is 0 Å². The Morgan fingerprint density at radius 3 is 2.62 bits per heavy atom. The second kappa shape index (κ2) is 5.44. The smallest absolute Gasteiger partial charge is 0.169 e. The molecule has 3 N–H and O–H groups in total. The van der Waals surface area contributed by atoms with Gasteiger partial charge in [0.2, 0.25) is 0 Å². The summed E-state index contributed by atoms with van der Waals surface area (Å²) in [4.78, 5) is 0. The van der Waals surface area contributed by atoms with Gasteiger partial charge in [0, 0.05) is 16.0 Å². The molecule has 0 saturated heterocycles. The van der Waals surface area contributed by atoms with Gasteiger partial charge in [-0.1, -0.05) is 23.7 Å². The van der Waals surface area contributed by atoms with E-state index < -0.39 is 17.7 Å². The van der Waals surface area contributed by atoms with Crippen molar-refractivity contribution in [2.45, 2.75) is 6.04 Å². The summed E-state index contributed by atoms with van der Waals surface area (Å²) >= 11 is 5.88. The number of fused-ring (bicyclic) bond motifs is 1. The van der Waals surface area contributed by atoms with Crippen molar-refractivity contribution in [3.63, 3.8) is 0 Å². The van der Waals surface area contributed by atoms with Gasteiger partial charge in [-0.2, -0.15) is 0 Å². The standard InChI is InChI=1S/C15H11ClF2N2O/c16-9-4-5-11(17)10(7-9)14(20-19)13-6-8-2-1-3-12(18)15(8)21-13/h1-7,14,20H,19H2. The van der Waals surface area contributed by atoms with E-state index in [-0.39, 0.29) is 11.1 Å². The van der Waals surface area contributed by atoms with Crippen LogP contribution in [0.5, 0.6) is 0 Å². The highest BCUT2D eigenvalue weighted by Crippen LogP contribution is 2.31. The highest BCUT2D eigenvalue weighted by atomic mass is 35.5. The van der Waals surface area contributed by atoms with E-state index in [4.69, 9.17) is 21.9 Å². The summed E-state index contributed by atoms with van der Waals surface area (Å²) in [6.07, 6.45) is 0. The molecule has 3 aromatic rings. The number of hydrogen-bond acceptors (Lipinski definition) is 3. The maximum absolute atomic E-state index is 14.0. The molecule has 0 radical (unpaired) electrons. The lowest BCUT2D eigenvalue weighted by Gasteiger charge is -2.14. The van der Waals surface area contributed by atoms with Crippen LogP contribution < -0.4 is 11.3 Å². The van der Waals surface area contributed by atoms with Gasteiger partial charge in [-0.3, -0.25) is 5.84 Å². The molecule has 1 heterocycles. The summed E-state index contributed by atoms with van der Waals surface area (Å²) in [5.41, 5.74) is 2.80. The molecular formula is C15H11ClF2N2O. The van der Waals surface area contributed by atoms with Crippen molar-refractivity contribution >= 4 is 22.6 Å². The number of hydrazine groups is 1. The molecule has 2 aromatic carbocycles. The quantitative estimate of drug-likeness (QED) is 0.569. The first kappa shape index (κ1) is 14.0. The van der Waals surface area contributed by atoms with E-state index in [1.807, 2.05) is 0 Å². The maximum atomic E-state index is 14.0. The second-order valence-corrected chi connectivity index (χ2v) is 5.01. The molecule has 0 spiro atoms. The van der Waals surface area contributed by atoms with Crippen molar-refractivity contribution in [3.8, 4) is 0 Å². The van der Waals surface area contributed by atoms with E-state index >= 15 is 0 Å². The van der Waals surface area contributed by atoms with Crippen LogP contribution in [0.3, 0.4) is 0 Å². The molecule has 0 aliphatic carbocycles. The molecule has 0 amide bonds. The van der Waals surface area contributed by atoms with E-state index in [0.717, 1.165) is 0 Å². The van der Waals surface area contributed by atoms with Crippen LogP contribution in [0, 0.1) is 11.6 Å². The number of furan rings is 1. The van der Waals surface area contributed by atoms with Gasteiger partial charge in [0.05, 0.1) is 0 Å². The van der Waals surface area contributed by atoms with Crippen LogP contribution in [0.1, 0.15) is 17.4 Å². The largest absolute Gasteiger partial charge is 0.456 e.